The summed E-state index contributed by atoms with van der Waals surface area (Å²) < 4.78 is 0. The Kier molecular flexibility index (Phi) is 6.58. The van der Waals surface area contributed by atoms with Crippen molar-refractivity contribution in [3.05, 3.63) is 24.3 Å². The second kappa shape index (κ2) is 8.10. The molecule has 1 rings (SSSR count). The topological polar surface area (TPSA) is 0 Å². The van der Waals surface area contributed by atoms with Crippen LogP contribution in [-0.4, -0.2) is 0 Å². The highest BCUT2D eigenvalue weighted by Crippen LogP contribution is 2.10. The summed E-state index contributed by atoms with van der Waals surface area (Å²) in [5.41, 5.74) is 0. The third kappa shape index (κ3) is 6.62. The van der Waals surface area contributed by atoms with Gasteiger partial charge in [-0.1, -0.05) is 50.0 Å². The highest BCUT2D eigenvalue weighted by molar-refractivity contribution is 4.92. The largest absolute Gasteiger partial charge is 0.0882 e. The zero-order valence-corrected chi connectivity index (χ0v) is 8.67. The van der Waals surface area contributed by atoms with E-state index in [0.29, 0.717) is 0 Å². The molecule has 1 aliphatic carbocycles. The first-order chi connectivity index (χ1) is 6.50. The van der Waals surface area contributed by atoms with Crippen LogP contribution in [0, 0.1) is 0 Å². The van der Waals surface area contributed by atoms with Gasteiger partial charge in [-0.05, 0) is 32.1 Å². The summed E-state index contributed by atoms with van der Waals surface area (Å²) in [5, 5.41) is 0. The number of allylic oxidation sites excluding steroid dienone is 4. The molecule has 0 N–H and O–H groups in total. The molecule has 0 radical (unpaired) electrons. The van der Waals surface area contributed by atoms with Gasteiger partial charge in [0.2, 0.25) is 0 Å². The Balaban J connectivity index is 2.18. The van der Waals surface area contributed by atoms with Crippen molar-refractivity contribution in [3.63, 3.8) is 0 Å². The van der Waals surface area contributed by atoms with Crippen molar-refractivity contribution in [1.29, 1.82) is 0 Å². The molecule has 0 aromatic carbocycles. The Morgan fingerprint density at radius 3 is 1.46 bits per heavy atom. The summed E-state index contributed by atoms with van der Waals surface area (Å²) in [4.78, 5) is 0. The maximum Gasteiger partial charge on any atom is -0.0169 e. The van der Waals surface area contributed by atoms with Crippen LogP contribution in [-0.2, 0) is 0 Å². The van der Waals surface area contributed by atoms with Crippen LogP contribution in [0.2, 0.25) is 0 Å². The summed E-state index contributed by atoms with van der Waals surface area (Å²) in [6, 6.07) is 0. The molecule has 74 valence electrons. The molecule has 1 aliphatic rings. The predicted octanol–water partition coefficient (Wildman–Crippen LogP) is 4.62. The monoisotopic (exact) mass is 178 g/mol. The van der Waals surface area contributed by atoms with Crippen molar-refractivity contribution in [2.75, 3.05) is 0 Å². The maximum atomic E-state index is 2.34. The standard InChI is InChI=1S/C13H22/c1-2-4-6-8-10-12-13-11-9-7-5-3-1/h1-2,5,7H,3-4,6,8-13H2/b2-1+,7-5+. The molecule has 13 heavy (non-hydrogen) atoms. The fraction of sp³-hybridized carbons (Fsp3) is 0.692. The van der Waals surface area contributed by atoms with Crippen molar-refractivity contribution in [2.24, 2.45) is 0 Å². The molecule has 0 bridgehead atoms. The van der Waals surface area contributed by atoms with Gasteiger partial charge in [0.15, 0.2) is 0 Å². The van der Waals surface area contributed by atoms with Crippen LogP contribution in [0.5, 0.6) is 0 Å². The van der Waals surface area contributed by atoms with E-state index in [0.717, 1.165) is 6.42 Å². The summed E-state index contributed by atoms with van der Waals surface area (Å²) in [6.45, 7) is 0. The average molecular weight is 178 g/mol. The van der Waals surface area contributed by atoms with E-state index < -0.39 is 0 Å². The SMILES string of the molecule is C1=C/CCCCCCCC/C=C/C/1. The molecule has 0 heterocycles. The van der Waals surface area contributed by atoms with Crippen molar-refractivity contribution in [2.45, 2.75) is 57.8 Å². The molecule has 0 unspecified atom stereocenters. The lowest BCUT2D eigenvalue weighted by molar-refractivity contribution is 0.600. The van der Waals surface area contributed by atoms with E-state index in [-0.39, 0.29) is 0 Å². The lowest BCUT2D eigenvalue weighted by atomic mass is 10.1. The van der Waals surface area contributed by atoms with Crippen molar-refractivity contribution < 1.29 is 0 Å². The number of rotatable bonds is 0. The Hall–Kier alpha value is -0.520. The molecular weight excluding hydrogens is 156 g/mol. The minimum atomic E-state index is 1.14. The highest BCUT2D eigenvalue weighted by Gasteiger charge is 1.90. The van der Waals surface area contributed by atoms with Crippen molar-refractivity contribution in [3.8, 4) is 0 Å². The van der Waals surface area contributed by atoms with E-state index in [9.17, 15) is 0 Å². The quantitative estimate of drug-likeness (QED) is 0.475. The average Bonchev–Trinajstić information content (AvgIpc) is 2.18. The van der Waals surface area contributed by atoms with E-state index >= 15 is 0 Å². The second-order valence-corrected chi connectivity index (χ2v) is 3.88. The van der Waals surface area contributed by atoms with E-state index in [1.165, 1.54) is 51.4 Å². The van der Waals surface area contributed by atoms with Crippen molar-refractivity contribution >= 4 is 0 Å². The van der Waals surface area contributed by atoms with Gasteiger partial charge < -0.3 is 0 Å². The van der Waals surface area contributed by atoms with E-state index in [1.54, 1.807) is 0 Å². The van der Waals surface area contributed by atoms with Gasteiger partial charge in [-0.25, -0.2) is 0 Å². The molecule has 0 atom stereocenters. The highest BCUT2D eigenvalue weighted by atomic mass is 14.0. The van der Waals surface area contributed by atoms with E-state index in [4.69, 9.17) is 0 Å². The third-order valence-corrected chi connectivity index (χ3v) is 2.60. The second-order valence-electron chi connectivity index (χ2n) is 3.88. The first kappa shape index (κ1) is 10.6. The molecular formula is C13H22. The molecule has 0 amide bonds. The fourth-order valence-corrected chi connectivity index (χ4v) is 1.74. The molecule has 0 saturated heterocycles. The van der Waals surface area contributed by atoms with Gasteiger partial charge in [-0.3, -0.25) is 0 Å². The summed E-state index contributed by atoms with van der Waals surface area (Å²) >= 11 is 0. The Bertz CT molecular complexity index is 135. The minimum absolute atomic E-state index is 1.14. The lowest BCUT2D eigenvalue weighted by Crippen LogP contribution is -1.78. The minimum Gasteiger partial charge on any atom is -0.0882 e. The first-order valence-corrected chi connectivity index (χ1v) is 5.80. The summed E-state index contributed by atoms with van der Waals surface area (Å²) in [5.74, 6) is 0. The lowest BCUT2D eigenvalue weighted by Gasteiger charge is -1.98. The summed E-state index contributed by atoms with van der Waals surface area (Å²) in [6.07, 6.45) is 21.5. The zero-order valence-electron chi connectivity index (χ0n) is 8.67. The normalized spacial score (nSPS) is 26.5. The predicted molar refractivity (Wildman–Crippen MR) is 59.8 cm³/mol. The molecule has 0 aliphatic heterocycles. The van der Waals surface area contributed by atoms with Gasteiger partial charge in [0, 0.05) is 0 Å². The zero-order chi connectivity index (χ0) is 9.19. The summed E-state index contributed by atoms with van der Waals surface area (Å²) in [7, 11) is 0. The molecule has 0 heteroatoms. The van der Waals surface area contributed by atoms with Crippen LogP contribution in [0.25, 0.3) is 0 Å². The van der Waals surface area contributed by atoms with Crippen LogP contribution in [0.3, 0.4) is 0 Å². The van der Waals surface area contributed by atoms with Crippen LogP contribution in [0.1, 0.15) is 57.8 Å². The molecule has 0 spiro atoms. The van der Waals surface area contributed by atoms with Gasteiger partial charge >= 0.3 is 0 Å². The van der Waals surface area contributed by atoms with Crippen LogP contribution in [0.4, 0.5) is 0 Å². The van der Waals surface area contributed by atoms with Crippen molar-refractivity contribution in [1.82, 2.24) is 0 Å². The Morgan fingerprint density at radius 2 is 0.923 bits per heavy atom. The van der Waals surface area contributed by atoms with Crippen LogP contribution in [0.15, 0.2) is 24.3 Å². The molecule has 0 aromatic rings. The van der Waals surface area contributed by atoms with Gasteiger partial charge in [0.05, 0.1) is 0 Å². The molecule has 0 aromatic heterocycles. The van der Waals surface area contributed by atoms with E-state index in [2.05, 4.69) is 24.3 Å². The third-order valence-electron chi connectivity index (χ3n) is 2.60. The van der Waals surface area contributed by atoms with Gasteiger partial charge in [0.25, 0.3) is 0 Å². The number of hydrogen-bond donors (Lipinski definition) is 0. The molecule has 0 nitrogen and oxygen atoms in total. The first-order valence-electron chi connectivity index (χ1n) is 5.80. The smallest absolute Gasteiger partial charge is 0.0169 e. The Labute approximate surface area is 82.7 Å². The molecule has 0 saturated carbocycles. The fourth-order valence-electron chi connectivity index (χ4n) is 1.74. The van der Waals surface area contributed by atoms with Gasteiger partial charge in [0.1, 0.15) is 0 Å². The van der Waals surface area contributed by atoms with Gasteiger partial charge in [-0.2, -0.15) is 0 Å². The van der Waals surface area contributed by atoms with E-state index in [1.807, 2.05) is 0 Å². The Morgan fingerprint density at radius 1 is 0.462 bits per heavy atom. The number of hydrogen-bond acceptors (Lipinski definition) is 0. The van der Waals surface area contributed by atoms with Gasteiger partial charge in [-0.15, -0.1) is 0 Å². The van der Waals surface area contributed by atoms with Crippen LogP contribution >= 0.6 is 0 Å². The van der Waals surface area contributed by atoms with Crippen LogP contribution < -0.4 is 0 Å². The maximum absolute atomic E-state index is 2.34. The molecule has 0 fully saturated rings.